The molecule has 0 atom stereocenters. The highest BCUT2D eigenvalue weighted by Gasteiger charge is 2.19. The van der Waals surface area contributed by atoms with E-state index in [1.54, 1.807) is 11.3 Å². The predicted octanol–water partition coefficient (Wildman–Crippen LogP) is 4.04. The molecule has 0 N–H and O–H groups in total. The maximum atomic E-state index is 11.5. The van der Waals surface area contributed by atoms with Gasteiger partial charge in [0.15, 0.2) is 15.2 Å². The number of esters is 1. The summed E-state index contributed by atoms with van der Waals surface area (Å²) < 4.78 is 5.74. The highest BCUT2D eigenvalue weighted by Crippen LogP contribution is 2.31. The monoisotopic (exact) mass is 380 g/mol. The van der Waals surface area contributed by atoms with Crippen molar-refractivity contribution in [3.63, 3.8) is 0 Å². The van der Waals surface area contributed by atoms with Crippen LogP contribution in [-0.2, 0) is 11.3 Å². The number of nitrogens with zero attached hydrogens (tertiary/aromatic N) is 2. The van der Waals surface area contributed by atoms with Gasteiger partial charge in [0.25, 0.3) is 0 Å². The maximum absolute atomic E-state index is 11.5. The third-order valence-electron chi connectivity index (χ3n) is 2.31. The molecular formula is C11H10BrClN2O2S2. The Hall–Kier alpha value is -0.630. The molecule has 0 aliphatic heterocycles. The van der Waals surface area contributed by atoms with Gasteiger partial charge >= 0.3 is 5.97 Å². The van der Waals surface area contributed by atoms with Gasteiger partial charge in [-0.05, 0) is 32.9 Å². The van der Waals surface area contributed by atoms with Crippen LogP contribution >= 0.6 is 50.2 Å². The fourth-order valence-electron chi connectivity index (χ4n) is 1.44. The number of hydrogen-bond donors (Lipinski definition) is 0. The molecule has 0 aromatic carbocycles. The molecule has 102 valence electrons. The van der Waals surface area contributed by atoms with Crippen LogP contribution in [-0.4, -0.2) is 25.1 Å². The van der Waals surface area contributed by atoms with Gasteiger partial charge in [0, 0.05) is 13.6 Å². The smallest absolute Gasteiger partial charge is 0.351 e. The molecule has 0 fully saturated rings. The molecule has 8 heteroatoms. The Balaban J connectivity index is 2.15. The summed E-state index contributed by atoms with van der Waals surface area (Å²) in [6, 6.07) is 2.05. The highest BCUT2D eigenvalue weighted by atomic mass is 79.9. The summed E-state index contributed by atoms with van der Waals surface area (Å²) in [5, 5.41) is 2.94. The third kappa shape index (κ3) is 3.47. The van der Waals surface area contributed by atoms with Gasteiger partial charge in [0.05, 0.1) is 10.9 Å². The molecule has 2 rings (SSSR count). The number of thiophene rings is 1. The van der Waals surface area contributed by atoms with Crippen LogP contribution in [0.15, 0.2) is 15.2 Å². The van der Waals surface area contributed by atoms with E-state index in [1.165, 1.54) is 24.0 Å². The topological polar surface area (TPSA) is 42.4 Å². The van der Waals surface area contributed by atoms with Crippen molar-refractivity contribution in [2.45, 2.75) is 6.54 Å². The molecule has 0 saturated carbocycles. The SMILES string of the molecule is COC(=O)c1sc(N(C)Cc2csc(Br)c2)nc1Cl. The normalized spacial score (nSPS) is 10.5. The Kier molecular flexibility index (Phi) is 4.83. The number of ether oxygens (including phenoxy) is 1. The summed E-state index contributed by atoms with van der Waals surface area (Å²) >= 11 is 12.2. The van der Waals surface area contributed by atoms with Crippen LogP contribution in [0.3, 0.4) is 0 Å². The summed E-state index contributed by atoms with van der Waals surface area (Å²) in [5.41, 5.74) is 1.17. The van der Waals surface area contributed by atoms with Gasteiger partial charge in [-0.2, -0.15) is 0 Å². The number of anilines is 1. The summed E-state index contributed by atoms with van der Waals surface area (Å²) in [4.78, 5) is 17.9. The van der Waals surface area contributed by atoms with E-state index >= 15 is 0 Å². The van der Waals surface area contributed by atoms with E-state index in [4.69, 9.17) is 11.6 Å². The quantitative estimate of drug-likeness (QED) is 0.750. The molecular weight excluding hydrogens is 372 g/mol. The predicted molar refractivity (Wildman–Crippen MR) is 82.6 cm³/mol. The Bertz CT molecular complexity index is 599. The molecule has 19 heavy (non-hydrogen) atoms. The number of hydrogen-bond acceptors (Lipinski definition) is 6. The average molecular weight is 382 g/mol. The Labute approximate surface area is 132 Å². The molecule has 0 saturated heterocycles. The van der Waals surface area contributed by atoms with E-state index < -0.39 is 5.97 Å². The average Bonchev–Trinajstić information content (AvgIpc) is 2.95. The van der Waals surface area contributed by atoms with E-state index in [0.717, 1.165) is 3.79 Å². The van der Waals surface area contributed by atoms with Gasteiger partial charge < -0.3 is 9.64 Å². The van der Waals surface area contributed by atoms with Crippen LogP contribution in [0.1, 0.15) is 15.2 Å². The zero-order chi connectivity index (χ0) is 14.0. The molecule has 0 radical (unpaired) electrons. The molecule has 2 aromatic heterocycles. The Morgan fingerprint density at radius 2 is 2.37 bits per heavy atom. The lowest BCUT2D eigenvalue weighted by molar-refractivity contribution is 0.0606. The maximum Gasteiger partial charge on any atom is 0.351 e. The summed E-state index contributed by atoms with van der Waals surface area (Å²) in [6.45, 7) is 0.701. The number of thiazole rings is 1. The van der Waals surface area contributed by atoms with Crippen molar-refractivity contribution >= 4 is 61.3 Å². The van der Waals surface area contributed by atoms with Crippen LogP contribution in [0.2, 0.25) is 5.15 Å². The fourth-order valence-corrected chi connectivity index (χ4v) is 3.80. The number of methoxy groups -OCH3 is 1. The van der Waals surface area contributed by atoms with Crippen LogP contribution < -0.4 is 4.90 Å². The molecule has 0 aliphatic carbocycles. The minimum absolute atomic E-state index is 0.185. The van der Waals surface area contributed by atoms with E-state index in [0.29, 0.717) is 16.6 Å². The number of aromatic nitrogens is 1. The minimum Gasteiger partial charge on any atom is -0.465 e. The van der Waals surface area contributed by atoms with Gasteiger partial charge in [-0.25, -0.2) is 9.78 Å². The zero-order valence-corrected chi connectivity index (χ0v) is 14.1. The van der Waals surface area contributed by atoms with Crippen LogP contribution in [0.5, 0.6) is 0 Å². The lowest BCUT2D eigenvalue weighted by atomic mass is 10.3. The highest BCUT2D eigenvalue weighted by molar-refractivity contribution is 9.11. The number of rotatable bonds is 4. The summed E-state index contributed by atoms with van der Waals surface area (Å²) in [6.07, 6.45) is 0. The minimum atomic E-state index is -0.458. The lowest BCUT2D eigenvalue weighted by Crippen LogP contribution is -2.15. The van der Waals surface area contributed by atoms with Crippen molar-refractivity contribution in [2.24, 2.45) is 0 Å². The van der Waals surface area contributed by atoms with Crippen molar-refractivity contribution in [3.05, 3.63) is 30.8 Å². The van der Waals surface area contributed by atoms with Gasteiger partial charge in [-0.3, -0.25) is 0 Å². The number of halogens is 2. The molecule has 4 nitrogen and oxygen atoms in total. The number of carbonyl (C=O) groups excluding carboxylic acids is 1. The first kappa shape index (κ1) is 14.8. The molecule has 0 aliphatic rings. The van der Waals surface area contributed by atoms with Crippen molar-refractivity contribution in [2.75, 3.05) is 19.1 Å². The summed E-state index contributed by atoms with van der Waals surface area (Å²) in [5.74, 6) is -0.458. The van der Waals surface area contributed by atoms with E-state index in [9.17, 15) is 4.79 Å². The molecule has 0 unspecified atom stereocenters. The third-order valence-corrected chi connectivity index (χ3v) is 5.40. The first-order chi connectivity index (χ1) is 9.01. The van der Waals surface area contributed by atoms with Gasteiger partial charge in [0.1, 0.15) is 0 Å². The lowest BCUT2D eigenvalue weighted by Gasteiger charge is -2.14. The van der Waals surface area contributed by atoms with Gasteiger partial charge in [-0.1, -0.05) is 22.9 Å². The molecule has 2 heterocycles. The fraction of sp³-hybridized carbons (Fsp3) is 0.273. The molecule has 0 amide bonds. The van der Waals surface area contributed by atoms with Crippen molar-refractivity contribution in [1.82, 2.24) is 4.98 Å². The molecule has 2 aromatic rings. The van der Waals surface area contributed by atoms with Crippen molar-refractivity contribution in [3.8, 4) is 0 Å². The second-order valence-corrected chi connectivity index (χ2v) is 7.35. The largest absolute Gasteiger partial charge is 0.465 e. The van der Waals surface area contributed by atoms with E-state index in [-0.39, 0.29) is 5.15 Å². The van der Waals surface area contributed by atoms with E-state index in [2.05, 4.69) is 37.1 Å². The first-order valence-electron chi connectivity index (χ1n) is 5.20. The van der Waals surface area contributed by atoms with E-state index in [1.807, 2.05) is 11.9 Å². The summed E-state index contributed by atoms with van der Waals surface area (Å²) in [7, 11) is 3.23. The van der Waals surface area contributed by atoms with Crippen LogP contribution in [0.25, 0.3) is 0 Å². The van der Waals surface area contributed by atoms with Crippen LogP contribution in [0.4, 0.5) is 5.13 Å². The van der Waals surface area contributed by atoms with Crippen LogP contribution in [0, 0.1) is 0 Å². The zero-order valence-electron chi connectivity index (χ0n) is 10.1. The standard InChI is InChI=1S/C11H10BrClN2O2S2/c1-15(4-6-3-7(12)18-5-6)11-14-9(13)8(19-11)10(16)17-2/h3,5H,4H2,1-2H3. The first-order valence-corrected chi connectivity index (χ1v) is 8.06. The van der Waals surface area contributed by atoms with Gasteiger partial charge in [-0.15, -0.1) is 11.3 Å². The molecule has 0 spiro atoms. The Morgan fingerprint density at radius 1 is 1.63 bits per heavy atom. The van der Waals surface area contributed by atoms with Crippen molar-refractivity contribution < 1.29 is 9.53 Å². The molecule has 0 bridgehead atoms. The second-order valence-electron chi connectivity index (χ2n) is 3.72. The van der Waals surface area contributed by atoms with Crippen molar-refractivity contribution in [1.29, 1.82) is 0 Å². The second kappa shape index (κ2) is 6.21. The van der Waals surface area contributed by atoms with Gasteiger partial charge in [0.2, 0.25) is 0 Å². The Morgan fingerprint density at radius 3 is 2.95 bits per heavy atom. The number of carbonyl (C=O) groups is 1.